The fourth-order valence-electron chi connectivity index (χ4n) is 1.30. The van der Waals surface area contributed by atoms with Gasteiger partial charge in [0.25, 0.3) is 0 Å². The number of rotatable bonds is 9. The van der Waals surface area contributed by atoms with Crippen molar-refractivity contribution in [1.29, 1.82) is 0 Å². The minimum Gasteiger partial charge on any atom is -0.0864 e. The fraction of sp³-hybridized carbons (Fsp3) is 0.818. The van der Waals surface area contributed by atoms with E-state index >= 15 is 0 Å². The molecular weight excluding hydrogens is 386 g/mol. The van der Waals surface area contributed by atoms with E-state index in [4.69, 9.17) is 0 Å². The largest absolute Gasteiger partial charge is 0.0864 e. The van der Waals surface area contributed by atoms with E-state index in [1.54, 1.807) is 0 Å². The Hall–Kier alpha value is 1.20. The van der Waals surface area contributed by atoms with Gasteiger partial charge in [-0.05, 0) is 27.8 Å². The molecule has 0 spiro atoms. The molecule has 13 heavy (non-hydrogen) atoms. The van der Waals surface area contributed by atoms with Crippen molar-refractivity contribution in [3.63, 3.8) is 0 Å². The van der Waals surface area contributed by atoms with Crippen molar-refractivity contribution >= 4 is 45.2 Å². The van der Waals surface area contributed by atoms with Crippen molar-refractivity contribution in [2.24, 2.45) is 0 Å². The van der Waals surface area contributed by atoms with Gasteiger partial charge in [-0.25, -0.2) is 0 Å². The van der Waals surface area contributed by atoms with Gasteiger partial charge < -0.3 is 0 Å². The molecule has 2 heteroatoms. The molecule has 0 aliphatic heterocycles. The lowest BCUT2D eigenvalue weighted by atomic mass is 10.1. The van der Waals surface area contributed by atoms with Gasteiger partial charge in [0, 0.05) is 0 Å². The van der Waals surface area contributed by atoms with Crippen LogP contribution >= 0.6 is 45.2 Å². The second-order valence-electron chi connectivity index (χ2n) is 3.31. The van der Waals surface area contributed by atoms with Gasteiger partial charge in [0.2, 0.25) is 0 Å². The lowest BCUT2D eigenvalue weighted by molar-refractivity contribution is 0.595. The molecule has 0 aliphatic rings. The summed E-state index contributed by atoms with van der Waals surface area (Å²) in [5, 5.41) is 0. The predicted octanol–water partition coefficient (Wildman–Crippen LogP) is 5.49. The minimum atomic E-state index is 1.27. The van der Waals surface area contributed by atoms with Gasteiger partial charge in [-0.3, -0.25) is 0 Å². The van der Waals surface area contributed by atoms with Gasteiger partial charge in [0.15, 0.2) is 0 Å². The van der Waals surface area contributed by atoms with Gasteiger partial charge in [-0.15, -0.1) is 0 Å². The Morgan fingerprint density at radius 3 is 1.85 bits per heavy atom. The molecule has 0 aromatic rings. The summed E-state index contributed by atoms with van der Waals surface area (Å²) in [5.74, 6) is 0. The standard InChI is InChI=1S/C11H20I2/c12-10-8-6-4-2-1-3-5-7-9-11-13/h8,10H,1-7,9,11H2. The number of allylic oxidation sites excluding steroid dienone is 1. The lowest BCUT2D eigenvalue weighted by Gasteiger charge is -1.99. The highest BCUT2D eigenvalue weighted by Gasteiger charge is 1.90. The van der Waals surface area contributed by atoms with Crippen LogP contribution in [-0.4, -0.2) is 4.43 Å². The summed E-state index contributed by atoms with van der Waals surface area (Å²) in [6, 6.07) is 0. The molecule has 0 saturated heterocycles. The monoisotopic (exact) mass is 406 g/mol. The first-order valence-electron chi connectivity index (χ1n) is 5.23. The number of hydrogen-bond acceptors (Lipinski definition) is 0. The third-order valence-corrected chi connectivity index (χ3v) is 3.36. The molecule has 0 N–H and O–H groups in total. The highest BCUT2D eigenvalue weighted by Crippen LogP contribution is 2.09. The first kappa shape index (κ1) is 14.2. The maximum absolute atomic E-state index is 2.46. The predicted molar refractivity (Wildman–Crippen MR) is 79.0 cm³/mol. The average molecular weight is 406 g/mol. The van der Waals surface area contributed by atoms with Crippen LogP contribution in [0.3, 0.4) is 0 Å². The third-order valence-electron chi connectivity index (χ3n) is 2.09. The normalized spacial score (nSPS) is 11.2. The van der Waals surface area contributed by atoms with Crippen molar-refractivity contribution in [2.75, 3.05) is 4.43 Å². The molecular formula is C11H20I2. The van der Waals surface area contributed by atoms with E-state index < -0.39 is 0 Å². The maximum atomic E-state index is 2.46. The van der Waals surface area contributed by atoms with E-state index in [1.165, 1.54) is 55.8 Å². The van der Waals surface area contributed by atoms with Crippen molar-refractivity contribution < 1.29 is 0 Å². The van der Waals surface area contributed by atoms with Crippen molar-refractivity contribution in [1.82, 2.24) is 0 Å². The molecule has 0 nitrogen and oxygen atoms in total. The first-order valence-corrected chi connectivity index (χ1v) is 8.00. The number of hydrogen-bond donors (Lipinski definition) is 0. The molecule has 0 radical (unpaired) electrons. The molecule has 0 bridgehead atoms. The number of unbranched alkanes of at least 4 members (excludes halogenated alkanes) is 7. The third kappa shape index (κ3) is 13.2. The Morgan fingerprint density at radius 2 is 1.31 bits per heavy atom. The Kier molecular flexibility index (Phi) is 14.4. The molecule has 0 aliphatic carbocycles. The van der Waals surface area contributed by atoms with Crippen LogP contribution in [0.1, 0.15) is 51.4 Å². The van der Waals surface area contributed by atoms with Gasteiger partial charge in [0.1, 0.15) is 0 Å². The molecule has 0 unspecified atom stereocenters. The van der Waals surface area contributed by atoms with Gasteiger partial charge in [-0.2, -0.15) is 0 Å². The highest BCUT2D eigenvalue weighted by atomic mass is 127. The molecule has 0 aromatic heterocycles. The van der Waals surface area contributed by atoms with Gasteiger partial charge in [0.05, 0.1) is 0 Å². The lowest BCUT2D eigenvalue weighted by Crippen LogP contribution is -1.80. The molecule has 0 atom stereocenters. The Morgan fingerprint density at radius 1 is 0.769 bits per heavy atom. The Bertz CT molecular complexity index is 111. The Balaban J connectivity index is 2.83. The summed E-state index contributed by atoms with van der Waals surface area (Å²) in [5.41, 5.74) is 0. The second-order valence-corrected chi connectivity index (χ2v) is 5.11. The van der Waals surface area contributed by atoms with E-state index in [0.717, 1.165) is 0 Å². The van der Waals surface area contributed by atoms with E-state index in [2.05, 4.69) is 55.3 Å². The maximum Gasteiger partial charge on any atom is -0.000473 e. The summed E-state index contributed by atoms with van der Waals surface area (Å²) in [6.07, 6.45) is 13.5. The second kappa shape index (κ2) is 13.2. The number of halogens is 2. The minimum absolute atomic E-state index is 1.27. The average Bonchev–Trinajstić information content (AvgIpc) is 2.16. The zero-order valence-electron chi connectivity index (χ0n) is 8.27. The molecule has 0 heterocycles. The number of alkyl halides is 1. The Labute approximate surface area is 110 Å². The van der Waals surface area contributed by atoms with Crippen LogP contribution in [0, 0.1) is 0 Å². The van der Waals surface area contributed by atoms with Crippen molar-refractivity contribution in [3.8, 4) is 0 Å². The van der Waals surface area contributed by atoms with Crippen LogP contribution in [0.25, 0.3) is 0 Å². The van der Waals surface area contributed by atoms with Crippen molar-refractivity contribution in [3.05, 3.63) is 10.2 Å². The quantitative estimate of drug-likeness (QED) is 0.270. The first-order chi connectivity index (χ1) is 6.41. The summed E-state index contributed by atoms with van der Waals surface area (Å²) in [4.78, 5) is 0. The summed E-state index contributed by atoms with van der Waals surface area (Å²) >= 11 is 4.75. The van der Waals surface area contributed by atoms with Crippen LogP contribution < -0.4 is 0 Å². The van der Waals surface area contributed by atoms with E-state index in [1.807, 2.05) is 0 Å². The van der Waals surface area contributed by atoms with Crippen molar-refractivity contribution in [2.45, 2.75) is 51.4 Å². The van der Waals surface area contributed by atoms with Crippen LogP contribution in [0.5, 0.6) is 0 Å². The van der Waals surface area contributed by atoms with E-state index in [9.17, 15) is 0 Å². The zero-order chi connectivity index (χ0) is 9.78. The summed E-state index contributed by atoms with van der Waals surface area (Å²) in [7, 11) is 0. The molecule has 78 valence electrons. The van der Waals surface area contributed by atoms with E-state index in [0.29, 0.717) is 0 Å². The van der Waals surface area contributed by atoms with Crippen LogP contribution in [0.15, 0.2) is 10.2 Å². The zero-order valence-corrected chi connectivity index (χ0v) is 12.6. The van der Waals surface area contributed by atoms with Crippen LogP contribution in [-0.2, 0) is 0 Å². The van der Waals surface area contributed by atoms with E-state index in [-0.39, 0.29) is 0 Å². The highest BCUT2D eigenvalue weighted by molar-refractivity contribution is 14.1. The molecule has 0 amide bonds. The fourth-order valence-corrected chi connectivity index (χ4v) is 2.20. The SMILES string of the molecule is IC=CCCCCCCCCCI. The molecule has 0 aromatic carbocycles. The molecule has 0 saturated carbocycles. The molecule has 0 fully saturated rings. The van der Waals surface area contributed by atoms with Crippen LogP contribution in [0.4, 0.5) is 0 Å². The molecule has 0 rings (SSSR count). The summed E-state index contributed by atoms with van der Waals surface area (Å²) < 4.78 is 3.45. The van der Waals surface area contributed by atoms with Gasteiger partial charge in [-0.1, -0.05) is 83.4 Å². The topological polar surface area (TPSA) is 0 Å². The van der Waals surface area contributed by atoms with Crippen LogP contribution in [0.2, 0.25) is 0 Å². The smallest absolute Gasteiger partial charge is 0.000473 e. The van der Waals surface area contributed by atoms with Gasteiger partial charge >= 0.3 is 0 Å². The summed E-state index contributed by atoms with van der Waals surface area (Å²) in [6.45, 7) is 0.